The van der Waals surface area contributed by atoms with Gasteiger partial charge in [0.25, 0.3) is 5.91 Å². The molecule has 0 radical (unpaired) electrons. The number of anilines is 3. The van der Waals surface area contributed by atoms with E-state index in [0.29, 0.717) is 50.0 Å². The van der Waals surface area contributed by atoms with Gasteiger partial charge in [-0.2, -0.15) is 5.26 Å². The van der Waals surface area contributed by atoms with E-state index in [1.54, 1.807) is 17.0 Å². The van der Waals surface area contributed by atoms with E-state index in [4.69, 9.17) is 25.7 Å². The number of hydrogen-bond donors (Lipinski definition) is 2. The van der Waals surface area contributed by atoms with Crippen molar-refractivity contribution in [3.63, 3.8) is 0 Å². The molecule has 2 aromatic heterocycles. The first-order valence-electron chi connectivity index (χ1n) is 11.5. The zero-order valence-electron chi connectivity index (χ0n) is 20.6. The highest BCUT2D eigenvalue weighted by Crippen LogP contribution is 2.47. The van der Waals surface area contributed by atoms with Gasteiger partial charge in [-0.25, -0.2) is 4.98 Å². The fourth-order valence-electron chi connectivity index (χ4n) is 4.82. The van der Waals surface area contributed by atoms with E-state index in [-0.39, 0.29) is 23.0 Å². The van der Waals surface area contributed by atoms with Crippen molar-refractivity contribution in [3.8, 4) is 34.4 Å². The Morgan fingerprint density at radius 1 is 1.11 bits per heavy atom. The Balaban J connectivity index is 1.75. The van der Waals surface area contributed by atoms with Crippen LogP contribution in [-0.2, 0) is 6.42 Å². The van der Waals surface area contributed by atoms with Crippen molar-refractivity contribution in [1.29, 1.82) is 5.26 Å². The molecule has 1 aliphatic heterocycles. The average Bonchev–Trinajstić information content (AvgIpc) is 3.25. The SMILES string of the molecule is COc1cc(-c2c(C#N)c(N)nc3sc(C(=O)N4CCCc5ccccc54)c(N)c23)cc(OC)c1OC. The van der Waals surface area contributed by atoms with Crippen LogP contribution in [0, 0.1) is 11.3 Å². The predicted octanol–water partition coefficient (Wildman–Crippen LogP) is 4.62. The summed E-state index contributed by atoms with van der Waals surface area (Å²) in [7, 11) is 4.53. The van der Waals surface area contributed by atoms with Gasteiger partial charge in [0.1, 0.15) is 27.2 Å². The Kier molecular flexibility index (Phi) is 6.23. The highest BCUT2D eigenvalue weighted by atomic mass is 32.1. The van der Waals surface area contributed by atoms with Gasteiger partial charge in [0.05, 0.1) is 27.0 Å². The Morgan fingerprint density at radius 2 is 1.81 bits per heavy atom. The molecule has 5 rings (SSSR count). The summed E-state index contributed by atoms with van der Waals surface area (Å²) in [6.07, 6.45) is 1.77. The summed E-state index contributed by atoms with van der Waals surface area (Å²) in [5.41, 5.74) is 16.3. The highest BCUT2D eigenvalue weighted by molar-refractivity contribution is 7.21. The van der Waals surface area contributed by atoms with Crippen molar-refractivity contribution in [2.75, 3.05) is 44.2 Å². The van der Waals surface area contributed by atoms with Gasteiger partial charge in [0, 0.05) is 23.2 Å². The number of para-hydroxylation sites is 1. The van der Waals surface area contributed by atoms with Crippen LogP contribution in [0.25, 0.3) is 21.3 Å². The number of hydrogen-bond acceptors (Lipinski definition) is 9. The standard InChI is InChI=1S/C27H25N5O4S/c1-34-18-11-15(12-19(35-2)23(18)36-3)20-16(13-28)25(30)31-26-21(20)22(29)24(37-26)27(33)32-10-6-8-14-7-4-5-9-17(14)32/h4-5,7,9,11-12H,6,8,10,29H2,1-3H3,(H2,30,31). The number of aryl methyl sites for hydroxylation is 1. The van der Waals surface area contributed by atoms with Crippen molar-refractivity contribution in [2.24, 2.45) is 0 Å². The lowest BCUT2D eigenvalue weighted by atomic mass is 9.96. The quantitative estimate of drug-likeness (QED) is 0.393. The summed E-state index contributed by atoms with van der Waals surface area (Å²) >= 11 is 1.17. The minimum absolute atomic E-state index is 0.0438. The molecule has 1 aliphatic rings. The van der Waals surface area contributed by atoms with Gasteiger partial charge in [0.15, 0.2) is 11.5 Å². The predicted molar refractivity (Wildman–Crippen MR) is 145 cm³/mol. The lowest BCUT2D eigenvalue weighted by Gasteiger charge is -2.29. The third kappa shape index (κ3) is 3.84. The van der Waals surface area contributed by atoms with E-state index in [1.165, 1.54) is 32.7 Å². The molecular formula is C27H25N5O4S. The van der Waals surface area contributed by atoms with Crippen LogP contribution in [0.5, 0.6) is 17.2 Å². The fourth-order valence-corrected chi connectivity index (χ4v) is 5.88. The second-order valence-electron chi connectivity index (χ2n) is 8.49. The Labute approximate surface area is 217 Å². The van der Waals surface area contributed by atoms with Gasteiger partial charge in [-0.1, -0.05) is 18.2 Å². The van der Waals surface area contributed by atoms with E-state index >= 15 is 0 Å². The number of pyridine rings is 1. The monoisotopic (exact) mass is 515 g/mol. The normalized spacial score (nSPS) is 12.6. The molecule has 188 valence electrons. The molecule has 0 saturated heterocycles. The first-order chi connectivity index (χ1) is 17.9. The zero-order chi connectivity index (χ0) is 26.3. The molecule has 0 fully saturated rings. The van der Waals surface area contributed by atoms with Gasteiger partial charge in [-0.15, -0.1) is 11.3 Å². The molecule has 0 bridgehead atoms. The van der Waals surface area contributed by atoms with Crippen LogP contribution in [-0.4, -0.2) is 38.8 Å². The highest BCUT2D eigenvalue weighted by Gasteiger charge is 2.30. The molecule has 0 spiro atoms. The molecule has 0 aliphatic carbocycles. The molecule has 4 aromatic rings. The Hall–Kier alpha value is -4.49. The molecule has 3 heterocycles. The number of nitriles is 1. The number of carbonyl (C=O) groups excluding carboxylic acids is 1. The van der Waals surface area contributed by atoms with Crippen LogP contribution in [0.4, 0.5) is 17.2 Å². The van der Waals surface area contributed by atoms with Crippen molar-refractivity contribution < 1.29 is 19.0 Å². The second kappa shape index (κ2) is 9.52. The number of amides is 1. The molecule has 0 unspecified atom stereocenters. The summed E-state index contributed by atoms with van der Waals surface area (Å²) in [5, 5.41) is 10.5. The largest absolute Gasteiger partial charge is 0.493 e. The van der Waals surface area contributed by atoms with Crippen molar-refractivity contribution >= 4 is 44.7 Å². The minimum Gasteiger partial charge on any atom is -0.493 e. The summed E-state index contributed by atoms with van der Waals surface area (Å²) in [5.74, 6) is 1.05. The first kappa shape index (κ1) is 24.2. The number of nitrogens with zero attached hydrogens (tertiary/aromatic N) is 3. The van der Waals surface area contributed by atoms with Crippen LogP contribution >= 0.6 is 11.3 Å². The van der Waals surface area contributed by atoms with Gasteiger partial charge in [-0.05, 0) is 42.2 Å². The number of ether oxygens (including phenoxy) is 3. The van der Waals surface area contributed by atoms with E-state index in [1.807, 2.05) is 24.3 Å². The van der Waals surface area contributed by atoms with E-state index < -0.39 is 0 Å². The molecule has 0 atom stereocenters. The third-order valence-corrected chi connectivity index (χ3v) is 7.61. The van der Waals surface area contributed by atoms with Crippen LogP contribution < -0.4 is 30.6 Å². The topological polar surface area (TPSA) is 137 Å². The summed E-state index contributed by atoms with van der Waals surface area (Å²) in [6, 6.07) is 13.5. The number of nitrogen functional groups attached to an aromatic ring is 2. The van der Waals surface area contributed by atoms with E-state index in [0.717, 1.165) is 24.1 Å². The Bertz CT molecular complexity index is 1570. The fraction of sp³-hybridized carbons (Fsp3) is 0.222. The zero-order valence-corrected chi connectivity index (χ0v) is 21.4. The van der Waals surface area contributed by atoms with Crippen LogP contribution in [0.15, 0.2) is 36.4 Å². The van der Waals surface area contributed by atoms with Crippen molar-refractivity contribution in [1.82, 2.24) is 4.98 Å². The molecule has 1 amide bonds. The van der Waals surface area contributed by atoms with E-state index in [9.17, 15) is 10.1 Å². The number of fused-ring (bicyclic) bond motifs is 2. The maximum atomic E-state index is 13.8. The number of thiophene rings is 1. The summed E-state index contributed by atoms with van der Waals surface area (Å²) in [6.45, 7) is 0.586. The molecule has 9 nitrogen and oxygen atoms in total. The van der Waals surface area contributed by atoms with E-state index in [2.05, 4.69) is 11.1 Å². The molecular weight excluding hydrogens is 490 g/mol. The third-order valence-electron chi connectivity index (χ3n) is 6.52. The molecule has 2 aromatic carbocycles. The van der Waals surface area contributed by atoms with Crippen molar-refractivity contribution in [2.45, 2.75) is 12.8 Å². The van der Waals surface area contributed by atoms with Crippen LogP contribution in [0.3, 0.4) is 0 Å². The number of rotatable bonds is 5. The number of aromatic nitrogens is 1. The number of benzene rings is 2. The molecule has 10 heteroatoms. The number of methoxy groups -OCH3 is 3. The van der Waals surface area contributed by atoms with Crippen molar-refractivity contribution in [3.05, 3.63) is 52.4 Å². The minimum atomic E-state index is -0.208. The summed E-state index contributed by atoms with van der Waals surface area (Å²) in [4.78, 5) is 20.8. The second-order valence-corrected chi connectivity index (χ2v) is 9.49. The lowest BCUT2D eigenvalue weighted by Crippen LogP contribution is -2.35. The molecule has 37 heavy (non-hydrogen) atoms. The van der Waals surface area contributed by atoms with Gasteiger partial charge in [-0.3, -0.25) is 4.79 Å². The first-order valence-corrected chi connectivity index (χ1v) is 12.4. The lowest BCUT2D eigenvalue weighted by molar-refractivity contribution is 0.0990. The van der Waals surface area contributed by atoms with Gasteiger partial charge < -0.3 is 30.6 Å². The smallest absolute Gasteiger partial charge is 0.270 e. The van der Waals surface area contributed by atoms with Crippen LogP contribution in [0.2, 0.25) is 0 Å². The summed E-state index contributed by atoms with van der Waals surface area (Å²) < 4.78 is 16.5. The maximum absolute atomic E-state index is 13.8. The molecule has 4 N–H and O–H groups in total. The Morgan fingerprint density at radius 3 is 2.46 bits per heavy atom. The van der Waals surface area contributed by atoms with Crippen LogP contribution in [0.1, 0.15) is 27.2 Å². The number of nitrogens with two attached hydrogens (primary N) is 2. The molecule has 0 saturated carbocycles. The average molecular weight is 516 g/mol. The number of carbonyl (C=O) groups is 1. The van der Waals surface area contributed by atoms with Gasteiger partial charge >= 0.3 is 0 Å². The maximum Gasteiger partial charge on any atom is 0.270 e. The van der Waals surface area contributed by atoms with Gasteiger partial charge in [0.2, 0.25) is 5.75 Å².